The van der Waals surface area contributed by atoms with Crippen LogP contribution in [0.3, 0.4) is 0 Å². The summed E-state index contributed by atoms with van der Waals surface area (Å²) in [7, 11) is 0. The molecule has 100 valence electrons. The van der Waals surface area contributed by atoms with E-state index in [1.807, 2.05) is 0 Å². The highest BCUT2D eigenvalue weighted by Crippen LogP contribution is 2.31. The van der Waals surface area contributed by atoms with E-state index in [9.17, 15) is 14.4 Å². The number of hydrogen-bond donors (Lipinski definition) is 2. The van der Waals surface area contributed by atoms with Crippen molar-refractivity contribution in [3.05, 3.63) is 0 Å². The number of nitrogens with zero attached hydrogens (tertiary/aromatic N) is 1. The molecule has 2 amide bonds. The van der Waals surface area contributed by atoms with Crippen LogP contribution in [-0.2, 0) is 14.4 Å². The summed E-state index contributed by atoms with van der Waals surface area (Å²) in [4.78, 5) is 35.5. The molecule has 0 aromatic heterocycles. The number of carboxylic acids is 1. The number of carbonyl (C=O) groups is 3. The van der Waals surface area contributed by atoms with Crippen molar-refractivity contribution in [1.29, 1.82) is 0 Å². The predicted molar refractivity (Wildman–Crippen MR) is 62.7 cm³/mol. The van der Waals surface area contributed by atoms with Crippen molar-refractivity contribution < 1.29 is 19.5 Å². The third-order valence-corrected chi connectivity index (χ3v) is 3.40. The highest BCUT2D eigenvalue weighted by molar-refractivity contribution is 5.89. The van der Waals surface area contributed by atoms with Crippen LogP contribution in [0.15, 0.2) is 0 Å². The number of likely N-dealkylation sites (tertiary alicyclic amines) is 1. The second-order valence-electron chi connectivity index (χ2n) is 5.08. The standard InChI is InChI=1S/C12H18N2O4/c15-10-5-9(7-14(10)6-8-1-2-8)12(18)13-4-3-11(16)17/h8-9H,1-7H2,(H,13,18)(H,16,17). The molecule has 1 aliphatic heterocycles. The topological polar surface area (TPSA) is 86.7 Å². The van der Waals surface area contributed by atoms with E-state index in [0.717, 1.165) is 6.54 Å². The van der Waals surface area contributed by atoms with Crippen molar-refractivity contribution >= 4 is 17.8 Å². The zero-order valence-corrected chi connectivity index (χ0v) is 10.2. The number of carbonyl (C=O) groups excluding carboxylic acids is 2. The monoisotopic (exact) mass is 254 g/mol. The van der Waals surface area contributed by atoms with Gasteiger partial charge in [0.2, 0.25) is 11.8 Å². The smallest absolute Gasteiger partial charge is 0.305 e. The summed E-state index contributed by atoms with van der Waals surface area (Å²) in [6.07, 6.45) is 2.53. The number of nitrogens with one attached hydrogen (secondary N) is 1. The minimum absolute atomic E-state index is 0.0419. The van der Waals surface area contributed by atoms with E-state index in [1.165, 1.54) is 12.8 Å². The van der Waals surface area contributed by atoms with Crippen LogP contribution < -0.4 is 5.32 Å². The molecule has 2 N–H and O–H groups in total. The number of carboxylic acid groups (broad SMARTS) is 1. The lowest BCUT2D eigenvalue weighted by molar-refractivity contribution is -0.137. The molecule has 1 aliphatic carbocycles. The predicted octanol–water partition coefficient (Wildman–Crippen LogP) is -0.164. The van der Waals surface area contributed by atoms with Gasteiger partial charge in [-0.1, -0.05) is 0 Å². The van der Waals surface area contributed by atoms with Gasteiger partial charge in [0.05, 0.1) is 12.3 Å². The van der Waals surface area contributed by atoms with Crippen molar-refractivity contribution in [2.24, 2.45) is 11.8 Å². The van der Waals surface area contributed by atoms with Crippen molar-refractivity contribution in [2.75, 3.05) is 19.6 Å². The Kier molecular flexibility index (Phi) is 3.84. The molecule has 1 unspecified atom stereocenters. The van der Waals surface area contributed by atoms with E-state index < -0.39 is 5.97 Å². The molecule has 18 heavy (non-hydrogen) atoms. The Morgan fingerprint density at radius 2 is 2.11 bits per heavy atom. The lowest BCUT2D eigenvalue weighted by Crippen LogP contribution is -2.34. The molecule has 1 saturated carbocycles. The van der Waals surface area contributed by atoms with Crippen molar-refractivity contribution in [3.63, 3.8) is 0 Å². The third-order valence-electron chi connectivity index (χ3n) is 3.40. The van der Waals surface area contributed by atoms with Crippen LogP contribution in [0.4, 0.5) is 0 Å². The van der Waals surface area contributed by atoms with Gasteiger partial charge in [-0.3, -0.25) is 14.4 Å². The van der Waals surface area contributed by atoms with E-state index in [4.69, 9.17) is 5.11 Å². The molecule has 0 aromatic carbocycles. The molecule has 2 aliphatic rings. The molecule has 0 spiro atoms. The average Bonchev–Trinajstić information content (AvgIpc) is 3.02. The van der Waals surface area contributed by atoms with Crippen molar-refractivity contribution in [3.8, 4) is 0 Å². The lowest BCUT2D eigenvalue weighted by atomic mass is 10.1. The van der Waals surface area contributed by atoms with Gasteiger partial charge in [-0.05, 0) is 18.8 Å². The first-order valence-electron chi connectivity index (χ1n) is 6.33. The van der Waals surface area contributed by atoms with Gasteiger partial charge >= 0.3 is 5.97 Å². The first-order valence-corrected chi connectivity index (χ1v) is 6.33. The zero-order valence-electron chi connectivity index (χ0n) is 10.2. The minimum atomic E-state index is -0.937. The van der Waals surface area contributed by atoms with Gasteiger partial charge in [0.25, 0.3) is 0 Å². The Bertz CT molecular complexity index is 365. The van der Waals surface area contributed by atoms with E-state index in [2.05, 4.69) is 5.32 Å². The van der Waals surface area contributed by atoms with Gasteiger partial charge in [-0.15, -0.1) is 0 Å². The zero-order chi connectivity index (χ0) is 13.1. The SMILES string of the molecule is O=C(O)CCNC(=O)C1CC(=O)N(CC2CC2)C1. The molecular formula is C12H18N2O4. The molecule has 6 heteroatoms. The Morgan fingerprint density at radius 1 is 1.39 bits per heavy atom. The van der Waals surface area contributed by atoms with Gasteiger partial charge in [0, 0.05) is 26.1 Å². The van der Waals surface area contributed by atoms with Crippen molar-refractivity contribution in [2.45, 2.75) is 25.7 Å². The van der Waals surface area contributed by atoms with Crippen LogP contribution in [0.1, 0.15) is 25.7 Å². The Hall–Kier alpha value is -1.59. The molecular weight excluding hydrogens is 236 g/mol. The van der Waals surface area contributed by atoms with Gasteiger partial charge in [0.15, 0.2) is 0 Å². The molecule has 1 saturated heterocycles. The maximum Gasteiger partial charge on any atom is 0.305 e. The van der Waals surface area contributed by atoms with Crippen LogP contribution in [0.5, 0.6) is 0 Å². The van der Waals surface area contributed by atoms with Gasteiger partial charge < -0.3 is 15.3 Å². The van der Waals surface area contributed by atoms with Crippen LogP contribution in [-0.4, -0.2) is 47.4 Å². The maximum absolute atomic E-state index is 11.7. The molecule has 1 atom stereocenters. The Balaban J connectivity index is 1.74. The summed E-state index contributed by atoms with van der Waals surface area (Å²) in [6, 6.07) is 0. The first kappa shape index (κ1) is 12.9. The van der Waals surface area contributed by atoms with Crippen LogP contribution in [0.25, 0.3) is 0 Å². The number of amides is 2. The normalized spacial score (nSPS) is 23.2. The summed E-state index contributed by atoms with van der Waals surface area (Å²) < 4.78 is 0. The first-order chi connectivity index (χ1) is 8.56. The van der Waals surface area contributed by atoms with Gasteiger partial charge in [0.1, 0.15) is 0 Å². The molecule has 0 bridgehead atoms. The summed E-state index contributed by atoms with van der Waals surface area (Å²) in [5, 5.41) is 11.0. The third kappa shape index (κ3) is 3.45. The van der Waals surface area contributed by atoms with Crippen LogP contribution >= 0.6 is 0 Å². The van der Waals surface area contributed by atoms with Crippen molar-refractivity contribution in [1.82, 2.24) is 10.2 Å². The van der Waals surface area contributed by atoms with Crippen LogP contribution in [0, 0.1) is 11.8 Å². The number of hydrogen-bond acceptors (Lipinski definition) is 3. The maximum atomic E-state index is 11.7. The molecule has 0 aromatic rings. The van der Waals surface area contributed by atoms with E-state index in [1.54, 1.807) is 4.90 Å². The molecule has 1 heterocycles. The number of aliphatic carboxylic acids is 1. The average molecular weight is 254 g/mol. The Labute approximate surface area is 105 Å². The number of rotatable bonds is 6. The summed E-state index contributed by atoms with van der Waals surface area (Å²) >= 11 is 0. The largest absolute Gasteiger partial charge is 0.481 e. The fourth-order valence-corrected chi connectivity index (χ4v) is 2.17. The molecule has 2 rings (SSSR count). The Morgan fingerprint density at radius 3 is 2.72 bits per heavy atom. The quantitative estimate of drug-likeness (QED) is 0.689. The highest BCUT2D eigenvalue weighted by Gasteiger charge is 2.36. The lowest BCUT2D eigenvalue weighted by Gasteiger charge is -2.15. The minimum Gasteiger partial charge on any atom is -0.481 e. The summed E-state index contributed by atoms with van der Waals surface area (Å²) in [5.74, 6) is -0.788. The summed E-state index contributed by atoms with van der Waals surface area (Å²) in [5.41, 5.74) is 0. The fourth-order valence-electron chi connectivity index (χ4n) is 2.17. The molecule has 2 fully saturated rings. The highest BCUT2D eigenvalue weighted by atomic mass is 16.4. The fraction of sp³-hybridized carbons (Fsp3) is 0.750. The summed E-state index contributed by atoms with van der Waals surface area (Å²) in [6.45, 7) is 1.38. The van der Waals surface area contributed by atoms with E-state index >= 15 is 0 Å². The van der Waals surface area contributed by atoms with E-state index in [-0.39, 0.29) is 37.1 Å². The van der Waals surface area contributed by atoms with Gasteiger partial charge in [-0.2, -0.15) is 0 Å². The second kappa shape index (κ2) is 5.37. The van der Waals surface area contributed by atoms with Crippen LogP contribution in [0.2, 0.25) is 0 Å². The van der Waals surface area contributed by atoms with E-state index in [0.29, 0.717) is 12.5 Å². The second-order valence-corrected chi connectivity index (χ2v) is 5.08. The molecule has 6 nitrogen and oxygen atoms in total. The van der Waals surface area contributed by atoms with Gasteiger partial charge in [-0.25, -0.2) is 0 Å². The molecule has 0 radical (unpaired) electrons.